The molecule has 1 unspecified atom stereocenters. The van der Waals surface area contributed by atoms with Crippen molar-refractivity contribution in [2.24, 2.45) is 0 Å². The molecule has 1 aromatic rings. The quantitative estimate of drug-likeness (QED) is 0.599. The van der Waals surface area contributed by atoms with E-state index in [2.05, 4.69) is 21.3 Å². The Morgan fingerprint density at radius 2 is 1.77 bits per heavy atom. The number of rotatable bonds is 7. The van der Waals surface area contributed by atoms with Gasteiger partial charge in [0.25, 0.3) is 0 Å². The molecule has 0 aliphatic rings. The molecule has 6 nitrogen and oxygen atoms in total. The van der Waals surface area contributed by atoms with Crippen LogP contribution in [0.5, 0.6) is 0 Å². The summed E-state index contributed by atoms with van der Waals surface area (Å²) in [6.07, 6.45) is 0. The zero-order valence-electron chi connectivity index (χ0n) is 12.6. The predicted molar refractivity (Wildman–Crippen MR) is 90.5 cm³/mol. The Bertz CT molecular complexity index is 468. The van der Waals surface area contributed by atoms with Gasteiger partial charge >= 0.3 is 6.03 Å². The third-order valence-corrected chi connectivity index (χ3v) is 3.13. The average molecular weight is 349 g/mol. The van der Waals surface area contributed by atoms with Crippen LogP contribution in [0, 0.1) is 0 Å². The Morgan fingerprint density at radius 1 is 1.14 bits per heavy atom. The van der Waals surface area contributed by atoms with E-state index in [1.165, 1.54) is 0 Å². The number of likely N-dealkylation sites (N-methyl/N-ethyl adjacent to an activating group) is 1. The van der Waals surface area contributed by atoms with Crippen LogP contribution < -0.4 is 21.3 Å². The molecule has 124 valence electrons. The third kappa shape index (κ3) is 8.71. The summed E-state index contributed by atoms with van der Waals surface area (Å²) < 4.78 is 0. The fraction of sp³-hybridized carbons (Fsp3) is 0.429. The van der Waals surface area contributed by atoms with Crippen LogP contribution in [0.2, 0.25) is 5.02 Å². The van der Waals surface area contributed by atoms with Crippen molar-refractivity contribution in [1.82, 2.24) is 21.3 Å². The topological polar surface area (TPSA) is 82.3 Å². The molecular weight excluding hydrogens is 327 g/mol. The van der Waals surface area contributed by atoms with Gasteiger partial charge in [0.15, 0.2) is 0 Å². The smallest absolute Gasteiger partial charge is 0.315 e. The lowest BCUT2D eigenvalue weighted by Crippen LogP contribution is -2.44. The molecule has 0 fully saturated rings. The molecule has 0 radical (unpaired) electrons. The molecule has 0 aliphatic heterocycles. The molecule has 1 rings (SSSR count). The first-order chi connectivity index (χ1) is 10.0. The van der Waals surface area contributed by atoms with Gasteiger partial charge in [-0.2, -0.15) is 0 Å². The molecule has 0 saturated heterocycles. The van der Waals surface area contributed by atoms with E-state index in [1.54, 1.807) is 12.1 Å². The van der Waals surface area contributed by atoms with Gasteiger partial charge in [-0.15, -0.1) is 12.4 Å². The van der Waals surface area contributed by atoms with Crippen molar-refractivity contribution < 1.29 is 9.59 Å². The van der Waals surface area contributed by atoms with Crippen LogP contribution in [0.4, 0.5) is 4.79 Å². The first-order valence-corrected chi connectivity index (χ1v) is 7.09. The highest BCUT2D eigenvalue weighted by Gasteiger charge is 2.06. The normalized spacial score (nSPS) is 11.0. The maximum absolute atomic E-state index is 11.5. The zero-order valence-corrected chi connectivity index (χ0v) is 14.2. The van der Waals surface area contributed by atoms with Gasteiger partial charge in [-0.05, 0) is 31.7 Å². The number of nitrogens with one attached hydrogen (secondary N) is 4. The van der Waals surface area contributed by atoms with E-state index in [4.69, 9.17) is 11.6 Å². The second kappa shape index (κ2) is 11.1. The molecule has 0 heterocycles. The number of amides is 3. The number of halogens is 2. The molecule has 0 bridgehead atoms. The van der Waals surface area contributed by atoms with E-state index in [0.717, 1.165) is 5.56 Å². The minimum absolute atomic E-state index is 0. The lowest BCUT2D eigenvalue weighted by Gasteiger charge is -2.12. The van der Waals surface area contributed by atoms with Crippen molar-refractivity contribution in [3.05, 3.63) is 34.9 Å². The van der Waals surface area contributed by atoms with Gasteiger partial charge in [-0.3, -0.25) is 4.79 Å². The summed E-state index contributed by atoms with van der Waals surface area (Å²) >= 11 is 5.77. The van der Waals surface area contributed by atoms with E-state index in [0.29, 0.717) is 18.1 Å². The lowest BCUT2D eigenvalue weighted by molar-refractivity contribution is -0.120. The van der Waals surface area contributed by atoms with Crippen molar-refractivity contribution in [2.45, 2.75) is 19.5 Å². The molecular formula is C14H22Cl2N4O2. The van der Waals surface area contributed by atoms with Crippen LogP contribution >= 0.6 is 24.0 Å². The highest BCUT2D eigenvalue weighted by molar-refractivity contribution is 6.30. The van der Waals surface area contributed by atoms with Gasteiger partial charge in [-0.1, -0.05) is 23.7 Å². The minimum atomic E-state index is -0.387. The van der Waals surface area contributed by atoms with Gasteiger partial charge < -0.3 is 21.3 Å². The summed E-state index contributed by atoms with van der Waals surface area (Å²) in [5.74, 6) is -0.223. The van der Waals surface area contributed by atoms with E-state index in [9.17, 15) is 9.59 Å². The Labute approximate surface area is 141 Å². The summed E-state index contributed by atoms with van der Waals surface area (Å²) in [6.45, 7) is 2.79. The van der Waals surface area contributed by atoms with Crippen LogP contribution in [-0.4, -0.2) is 38.1 Å². The van der Waals surface area contributed by atoms with E-state index in [-0.39, 0.29) is 36.9 Å². The average Bonchev–Trinajstić information content (AvgIpc) is 2.49. The number of urea groups is 1. The minimum Gasteiger partial charge on any atom is -0.353 e. The maximum Gasteiger partial charge on any atom is 0.315 e. The van der Waals surface area contributed by atoms with Crippen molar-refractivity contribution in [1.29, 1.82) is 0 Å². The summed E-state index contributed by atoms with van der Waals surface area (Å²) in [7, 11) is 1.82. The van der Waals surface area contributed by atoms with E-state index in [1.807, 2.05) is 26.1 Å². The molecule has 0 aromatic heterocycles. The fourth-order valence-corrected chi connectivity index (χ4v) is 1.57. The SMILES string of the molecule is CNC(C)CNC(=O)CNC(=O)NCc1ccc(Cl)cc1.Cl. The van der Waals surface area contributed by atoms with Crippen LogP contribution in [-0.2, 0) is 11.3 Å². The highest BCUT2D eigenvalue weighted by atomic mass is 35.5. The summed E-state index contributed by atoms with van der Waals surface area (Å²) in [6, 6.07) is 6.97. The standard InChI is InChI=1S/C14H21ClN4O2.ClH/c1-10(16-2)7-17-13(20)9-19-14(21)18-8-11-3-5-12(15)6-4-11;/h3-6,10,16H,7-9H2,1-2H3,(H,17,20)(H2,18,19,21);1H. The summed E-state index contributed by atoms with van der Waals surface area (Å²) in [5.41, 5.74) is 0.932. The molecule has 8 heteroatoms. The maximum atomic E-state index is 11.5. The molecule has 1 atom stereocenters. The first-order valence-electron chi connectivity index (χ1n) is 6.71. The second-order valence-electron chi connectivity index (χ2n) is 4.66. The fourth-order valence-electron chi connectivity index (χ4n) is 1.44. The number of hydrogen-bond donors (Lipinski definition) is 4. The van der Waals surface area contributed by atoms with Gasteiger partial charge in [-0.25, -0.2) is 4.79 Å². The highest BCUT2D eigenvalue weighted by Crippen LogP contribution is 2.08. The van der Waals surface area contributed by atoms with Crippen molar-refractivity contribution in [3.8, 4) is 0 Å². The predicted octanol–water partition coefficient (Wildman–Crippen LogP) is 1.29. The van der Waals surface area contributed by atoms with Gasteiger partial charge in [0.1, 0.15) is 0 Å². The number of carbonyl (C=O) groups excluding carboxylic acids is 2. The number of carbonyl (C=O) groups is 2. The van der Waals surface area contributed by atoms with Crippen LogP contribution in [0.1, 0.15) is 12.5 Å². The Morgan fingerprint density at radius 3 is 2.36 bits per heavy atom. The van der Waals surface area contributed by atoms with Gasteiger partial charge in [0.05, 0.1) is 6.54 Å². The molecule has 1 aromatic carbocycles. The summed E-state index contributed by atoms with van der Waals surface area (Å²) in [5, 5.41) is 11.5. The van der Waals surface area contributed by atoms with Crippen LogP contribution in [0.25, 0.3) is 0 Å². The largest absolute Gasteiger partial charge is 0.353 e. The summed E-state index contributed by atoms with van der Waals surface area (Å²) in [4.78, 5) is 23.0. The Kier molecular flexibility index (Phi) is 10.4. The van der Waals surface area contributed by atoms with Gasteiger partial charge in [0.2, 0.25) is 5.91 Å². The third-order valence-electron chi connectivity index (χ3n) is 2.87. The first kappa shape index (κ1) is 20.5. The second-order valence-corrected chi connectivity index (χ2v) is 5.09. The molecule has 0 spiro atoms. The molecule has 0 aliphatic carbocycles. The Balaban J connectivity index is 0.00000441. The molecule has 3 amide bonds. The van der Waals surface area contributed by atoms with Crippen molar-refractivity contribution >= 4 is 35.9 Å². The molecule has 0 saturated carbocycles. The zero-order chi connectivity index (χ0) is 15.7. The lowest BCUT2D eigenvalue weighted by atomic mass is 10.2. The van der Waals surface area contributed by atoms with E-state index < -0.39 is 0 Å². The van der Waals surface area contributed by atoms with Gasteiger partial charge in [0, 0.05) is 24.2 Å². The van der Waals surface area contributed by atoms with Crippen LogP contribution in [0.3, 0.4) is 0 Å². The molecule has 4 N–H and O–H groups in total. The number of hydrogen-bond acceptors (Lipinski definition) is 3. The van der Waals surface area contributed by atoms with Crippen molar-refractivity contribution in [2.75, 3.05) is 20.1 Å². The number of benzene rings is 1. The van der Waals surface area contributed by atoms with Crippen LogP contribution in [0.15, 0.2) is 24.3 Å². The monoisotopic (exact) mass is 348 g/mol. The van der Waals surface area contributed by atoms with E-state index >= 15 is 0 Å². The Hall–Kier alpha value is -1.50. The van der Waals surface area contributed by atoms with Crippen molar-refractivity contribution in [3.63, 3.8) is 0 Å². The molecule has 22 heavy (non-hydrogen) atoms.